The number of anilines is 1. The molecule has 0 aliphatic heterocycles. The van der Waals surface area contributed by atoms with E-state index in [1.807, 2.05) is 24.3 Å². The highest BCUT2D eigenvalue weighted by molar-refractivity contribution is 9.10. The molecule has 3 aromatic rings. The number of nitrogens with one attached hydrogen (secondary N) is 2. The number of hydrogen-bond acceptors (Lipinski definition) is 6. The Morgan fingerprint density at radius 1 is 1.13 bits per heavy atom. The maximum atomic E-state index is 12.4. The zero-order valence-corrected chi connectivity index (χ0v) is 18.8. The van der Waals surface area contributed by atoms with Gasteiger partial charge in [0, 0.05) is 11.5 Å². The number of aromatic nitrogens is 3. The van der Waals surface area contributed by atoms with Gasteiger partial charge in [-0.25, -0.2) is 0 Å². The molecule has 2 N–H and O–H groups in total. The predicted octanol–water partition coefficient (Wildman–Crippen LogP) is 3.25. The molecule has 0 radical (unpaired) electrons. The first-order chi connectivity index (χ1) is 14.5. The van der Waals surface area contributed by atoms with Crippen LogP contribution in [0, 0.1) is 0 Å². The summed E-state index contributed by atoms with van der Waals surface area (Å²) in [5.74, 6) is 0.839. The number of rotatable bonds is 8. The van der Waals surface area contributed by atoms with Crippen LogP contribution in [0.25, 0.3) is 0 Å². The summed E-state index contributed by atoms with van der Waals surface area (Å²) in [5, 5.41) is 14.5. The third-order valence-corrected chi connectivity index (χ3v) is 5.88. The van der Waals surface area contributed by atoms with Gasteiger partial charge in [0.15, 0.2) is 11.0 Å². The second-order valence-electron chi connectivity index (χ2n) is 6.16. The zero-order chi connectivity index (χ0) is 21.5. The van der Waals surface area contributed by atoms with Crippen molar-refractivity contribution in [2.45, 2.75) is 11.7 Å². The molecule has 2 aromatic carbocycles. The van der Waals surface area contributed by atoms with E-state index in [-0.39, 0.29) is 24.1 Å². The molecule has 156 valence electrons. The lowest BCUT2D eigenvalue weighted by Crippen LogP contribution is -2.25. The van der Waals surface area contributed by atoms with Crippen LogP contribution in [0.3, 0.4) is 0 Å². The summed E-state index contributed by atoms with van der Waals surface area (Å²) in [6.45, 7) is 0.199. The van der Waals surface area contributed by atoms with Crippen molar-refractivity contribution in [3.05, 3.63) is 64.4 Å². The van der Waals surface area contributed by atoms with Crippen LogP contribution < -0.4 is 15.4 Å². The molecule has 2 amide bonds. The molecule has 0 spiro atoms. The van der Waals surface area contributed by atoms with Crippen molar-refractivity contribution in [3.63, 3.8) is 0 Å². The number of hydrogen-bond donors (Lipinski definition) is 2. The predicted molar refractivity (Wildman–Crippen MR) is 119 cm³/mol. The van der Waals surface area contributed by atoms with Gasteiger partial charge < -0.3 is 19.9 Å². The van der Waals surface area contributed by atoms with Crippen LogP contribution in [0.15, 0.2) is 58.2 Å². The SMILES string of the molecule is COc1ccccc1C(=O)NCc1nnc(SCC(=O)Nc2ccccc2Br)n1C. The van der Waals surface area contributed by atoms with E-state index in [1.165, 1.54) is 18.9 Å². The minimum Gasteiger partial charge on any atom is -0.496 e. The Kier molecular flexibility index (Phi) is 7.47. The quantitative estimate of drug-likeness (QED) is 0.471. The highest BCUT2D eigenvalue weighted by Gasteiger charge is 2.15. The Morgan fingerprint density at radius 3 is 2.63 bits per heavy atom. The van der Waals surface area contributed by atoms with Crippen molar-refractivity contribution in [2.24, 2.45) is 7.05 Å². The summed E-state index contributed by atoms with van der Waals surface area (Å²) in [5.41, 5.74) is 1.15. The molecule has 0 aliphatic rings. The van der Waals surface area contributed by atoms with Gasteiger partial charge in [-0.1, -0.05) is 36.0 Å². The molecule has 0 fully saturated rings. The van der Waals surface area contributed by atoms with E-state index in [1.54, 1.807) is 35.9 Å². The summed E-state index contributed by atoms with van der Waals surface area (Å²) in [7, 11) is 3.31. The Labute approximate surface area is 186 Å². The van der Waals surface area contributed by atoms with Gasteiger partial charge in [0.25, 0.3) is 5.91 Å². The Bertz CT molecular complexity index is 1060. The number of para-hydroxylation sites is 2. The number of amides is 2. The molecule has 1 aromatic heterocycles. The number of carbonyl (C=O) groups excluding carboxylic acids is 2. The Balaban J connectivity index is 1.55. The van der Waals surface area contributed by atoms with E-state index in [2.05, 4.69) is 36.8 Å². The van der Waals surface area contributed by atoms with Crippen molar-refractivity contribution in [3.8, 4) is 5.75 Å². The molecule has 0 saturated heterocycles. The van der Waals surface area contributed by atoms with Crippen LogP contribution in [0.2, 0.25) is 0 Å². The minimum absolute atomic E-state index is 0.152. The van der Waals surface area contributed by atoms with Crippen LogP contribution in [-0.4, -0.2) is 39.4 Å². The van der Waals surface area contributed by atoms with E-state index in [9.17, 15) is 9.59 Å². The summed E-state index contributed by atoms with van der Waals surface area (Å²) >= 11 is 4.67. The molecule has 0 saturated carbocycles. The highest BCUT2D eigenvalue weighted by atomic mass is 79.9. The average Bonchev–Trinajstić information content (AvgIpc) is 3.11. The second-order valence-corrected chi connectivity index (χ2v) is 7.95. The smallest absolute Gasteiger partial charge is 0.255 e. The fourth-order valence-corrected chi connectivity index (χ4v) is 3.70. The molecule has 10 heteroatoms. The van der Waals surface area contributed by atoms with Gasteiger partial charge in [0.2, 0.25) is 5.91 Å². The van der Waals surface area contributed by atoms with Gasteiger partial charge in [0.1, 0.15) is 5.75 Å². The summed E-state index contributed by atoms with van der Waals surface area (Å²) in [4.78, 5) is 24.6. The minimum atomic E-state index is -0.266. The Morgan fingerprint density at radius 2 is 1.87 bits per heavy atom. The van der Waals surface area contributed by atoms with Gasteiger partial charge in [-0.2, -0.15) is 0 Å². The molecule has 3 rings (SSSR count). The van der Waals surface area contributed by atoms with Crippen molar-refractivity contribution in [2.75, 3.05) is 18.2 Å². The largest absolute Gasteiger partial charge is 0.496 e. The lowest BCUT2D eigenvalue weighted by molar-refractivity contribution is -0.113. The van der Waals surface area contributed by atoms with Gasteiger partial charge in [-0.3, -0.25) is 9.59 Å². The first-order valence-electron chi connectivity index (χ1n) is 8.96. The zero-order valence-electron chi connectivity index (χ0n) is 16.4. The fourth-order valence-electron chi connectivity index (χ4n) is 2.59. The second kappa shape index (κ2) is 10.3. The fraction of sp³-hybridized carbons (Fsp3) is 0.200. The molecular weight excluding hydrogens is 470 g/mol. The number of carbonyl (C=O) groups is 2. The van der Waals surface area contributed by atoms with Crippen molar-refractivity contribution >= 4 is 45.2 Å². The molecular formula is C20H20BrN5O3S. The van der Waals surface area contributed by atoms with E-state index in [4.69, 9.17) is 4.74 Å². The number of methoxy groups -OCH3 is 1. The first-order valence-corrected chi connectivity index (χ1v) is 10.7. The van der Waals surface area contributed by atoms with Crippen LogP contribution in [0.1, 0.15) is 16.2 Å². The molecule has 30 heavy (non-hydrogen) atoms. The first kappa shape index (κ1) is 21.8. The van der Waals surface area contributed by atoms with E-state index in [0.717, 1.165) is 4.47 Å². The average molecular weight is 490 g/mol. The van der Waals surface area contributed by atoms with Crippen LogP contribution >= 0.6 is 27.7 Å². The number of benzene rings is 2. The molecule has 1 heterocycles. The van der Waals surface area contributed by atoms with Gasteiger partial charge in [-0.05, 0) is 40.2 Å². The molecule has 0 unspecified atom stereocenters. The molecule has 0 bridgehead atoms. The van der Waals surface area contributed by atoms with Crippen molar-refractivity contribution in [1.29, 1.82) is 0 Å². The van der Waals surface area contributed by atoms with Gasteiger partial charge in [-0.15, -0.1) is 10.2 Å². The monoisotopic (exact) mass is 489 g/mol. The molecule has 0 aliphatic carbocycles. The third-order valence-electron chi connectivity index (χ3n) is 4.16. The number of ether oxygens (including phenoxy) is 1. The normalized spacial score (nSPS) is 10.5. The third kappa shape index (κ3) is 5.39. The Hall–Kier alpha value is -2.85. The van der Waals surface area contributed by atoms with E-state index >= 15 is 0 Å². The molecule has 8 nitrogen and oxygen atoms in total. The molecule has 0 atom stereocenters. The standard InChI is InChI=1S/C20H20BrN5O3S/c1-26-17(11-22-19(28)13-7-3-6-10-16(13)29-2)24-25-20(26)30-12-18(27)23-15-9-5-4-8-14(15)21/h3-10H,11-12H2,1-2H3,(H,22,28)(H,23,27). The lowest BCUT2D eigenvalue weighted by Gasteiger charge is -2.09. The van der Waals surface area contributed by atoms with Crippen molar-refractivity contribution in [1.82, 2.24) is 20.1 Å². The van der Waals surface area contributed by atoms with Crippen LogP contribution in [0.5, 0.6) is 5.75 Å². The van der Waals surface area contributed by atoms with E-state index in [0.29, 0.717) is 28.0 Å². The van der Waals surface area contributed by atoms with Crippen LogP contribution in [0.4, 0.5) is 5.69 Å². The van der Waals surface area contributed by atoms with Crippen LogP contribution in [-0.2, 0) is 18.4 Å². The van der Waals surface area contributed by atoms with Gasteiger partial charge >= 0.3 is 0 Å². The van der Waals surface area contributed by atoms with Crippen molar-refractivity contribution < 1.29 is 14.3 Å². The maximum Gasteiger partial charge on any atom is 0.255 e. The summed E-state index contributed by atoms with van der Waals surface area (Å²) in [6.07, 6.45) is 0. The summed E-state index contributed by atoms with van der Waals surface area (Å²) < 4.78 is 7.78. The van der Waals surface area contributed by atoms with Gasteiger partial charge in [0.05, 0.1) is 30.7 Å². The number of thioether (sulfide) groups is 1. The van der Waals surface area contributed by atoms with E-state index < -0.39 is 0 Å². The topological polar surface area (TPSA) is 98.1 Å². The highest BCUT2D eigenvalue weighted by Crippen LogP contribution is 2.22. The maximum absolute atomic E-state index is 12.4. The summed E-state index contributed by atoms with van der Waals surface area (Å²) in [6, 6.07) is 14.4. The number of nitrogens with zero attached hydrogens (tertiary/aromatic N) is 3. The lowest BCUT2D eigenvalue weighted by atomic mass is 10.2. The number of halogens is 1.